The van der Waals surface area contributed by atoms with E-state index in [4.69, 9.17) is 0 Å². The number of amides is 2. The molecule has 0 aromatic heterocycles. The molecule has 3 aromatic carbocycles. The summed E-state index contributed by atoms with van der Waals surface area (Å²) in [5.74, 6) is -1.01. The second-order valence-electron chi connectivity index (χ2n) is 9.75. The summed E-state index contributed by atoms with van der Waals surface area (Å²) in [6.07, 6.45) is 0.836. The number of anilines is 2. The van der Waals surface area contributed by atoms with Gasteiger partial charge in [-0.15, -0.1) is 0 Å². The number of likely N-dealkylation sites (N-methyl/N-ethyl adjacent to an activating group) is 1. The maximum Gasteiger partial charge on any atom is 0.251 e. The number of sulfone groups is 1. The van der Waals surface area contributed by atoms with Gasteiger partial charge in [0.25, 0.3) is 5.91 Å². The van der Waals surface area contributed by atoms with Crippen molar-refractivity contribution < 1.29 is 26.4 Å². The molecule has 0 bridgehead atoms. The van der Waals surface area contributed by atoms with Gasteiger partial charge in [-0.3, -0.25) is 13.9 Å². The Labute approximate surface area is 229 Å². The lowest BCUT2D eigenvalue weighted by atomic mass is 9.99. The van der Waals surface area contributed by atoms with Crippen molar-refractivity contribution in [1.82, 2.24) is 10.6 Å². The van der Waals surface area contributed by atoms with Crippen LogP contribution < -0.4 is 19.8 Å². The van der Waals surface area contributed by atoms with E-state index >= 15 is 0 Å². The Hall–Kier alpha value is -3.48. The van der Waals surface area contributed by atoms with Crippen LogP contribution in [0.3, 0.4) is 0 Å². The van der Waals surface area contributed by atoms with Crippen LogP contribution in [0.5, 0.6) is 0 Å². The molecule has 0 unspecified atom stereocenters. The molecule has 2 atom stereocenters. The third-order valence-corrected chi connectivity index (χ3v) is 10.7. The molecule has 2 N–H and O–H groups in total. The molecular weight excluding hydrogens is 540 g/mol. The van der Waals surface area contributed by atoms with E-state index < -0.39 is 55.4 Å². The van der Waals surface area contributed by atoms with Crippen molar-refractivity contribution in [1.29, 1.82) is 0 Å². The van der Waals surface area contributed by atoms with Gasteiger partial charge in [0, 0.05) is 6.26 Å². The molecular formula is C27H32N4O6S2. The summed E-state index contributed by atoms with van der Waals surface area (Å²) < 4.78 is 51.9. The van der Waals surface area contributed by atoms with Crippen LogP contribution in [-0.4, -0.2) is 65.7 Å². The van der Waals surface area contributed by atoms with Crippen molar-refractivity contribution in [2.75, 3.05) is 34.1 Å². The predicted molar refractivity (Wildman–Crippen MR) is 153 cm³/mol. The lowest BCUT2D eigenvalue weighted by molar-refractivity contribution is -0.128. The molecule has 4 rings (SSSR count). The van der Waals surface area contributed by atoms with Gasteiger partial charge in [-0.2, -0.15) is 0 Å². The topological polar surface area (TPSA) is 133 Å². The first-order valence-electron chi connectivity index (χ1n) is 12.4. The summed E-state index contributed by atoms with van der Waals surface area (Å²) in [5, 5.41) is 6.27. The highest BCUT2D eigenvalue weighted by molar-refractivity contribution is 8.08. The highest BCUT2D eigenvalue weighted by atomic mass is 32.3. The van der Waals surface area contributed by atoms with Crippen LogP contribution in [0.1, 0.15) is 18.1 Å². The van der Waals surface area contributed by atoms with Crippen LogP contribution >= 0.6 is 0 Å². The summed E-state index contributed by atoms with van der Waals surface area (Å²) in [4.78, 5) is 28.4. The number of carbonyl (C=O) groups is 2. The zero-order chi connectivity index (χ0) is 28.5. The number of para-hydroxylation sites is 2. The molecule has 0 saturated heterocycles. The van der Waals surface area contributed by atoms with E-state index in [1.807, 2.05) is 43.3 Å². The lowest BCUT2D eigenvalue weighted by Gasteiger charge is -2.27. The quantitative estimate of drug-likeness (QED) is 0.421. The van der Waals surface area contributed by atoms with Crippen molar-refractivity contribution >= 4 is 53.8 Å². The number of rotatable bonds is 8. The van der Waals surface area contributed by atoms with Gasteiger partial charge in [-0.05, 0) is 54.9 Å². The van der Waals surface area contributed by atoms with E-state index in [1.54, 1.807) is 32.2 Å². The molecule has 0 spiro atoms. The van der Waals surface area contributed by atoms with E-state index in [9.17, 15) is 26.4 Å². The third kappa shape index (κ3) is 6.07. The molecule has 208 valence electrons. The summed E-state index contributed by atoms with van der Waals surface area (Å²) in [5.41, 5.74) is 2.27. The number of hydrogen-bond donors (Lipinski definition) is 2. The average Bonchev–Trinajstić information content (AvgIpc) is 2.99. The number of nitrogens with zero attached hydrogens (tertiary/aromatic N) is 2. The van der Waals surface area contributed by atoms with Gasteiger partial charge in [-0.25, -0.2) is 16.8 Å². The van der Waals surface area contributed by atoms with Gasteiger partial charge in [0.15, 0.2) is 14.9 Å². The molecule has 1 heterocycles. The van der Waals surface area contributed by atoms with Crippen LogP contribution in [0, 0.1) is 6.92 Å². The van der Waals surface area contributed by atoms with Gasteiger partial charge in [-0.1, -0.05) is 48.5 Å². The zero-order valence-electron chi connectivity index (χ0n) is 22.2. The Bertz CT molecular complexity index is 1640. The van der Waals surface area contributed by atoms with Crippen molar-refractivity contribution in [3.8, 4) is 0 Å². The third-order valence-electron chi connectivity index (χ3n) is 6.79. The summed E-state index contributed by atoms with van der Waals surface area (Å²) in [7, 11) is -6.78. The maximum atomic E-state index is 14.1. The number of fused-ring (bicyclic) bond motifs is 2. The SMILES string of the molecule is CN[C@@H](C)C(=O)N[C@H]1CN(S(=O)(=O)CS(C)(=O)=O)c2ccccc2N(Cc2c(C)ccc3ccccc23)C1=O. The standard InChI is InChI=1S/C27H32N4O6S2/c1-18-13-14-20-9-5-6-10-21(20)22(18)15-30-24-11-7-8-12-25(24)31(39(36,37)17-38(4,34)35)16-23(27(30)33)29-26(32)19(2)28-3/h5-14,19,23,28H,15-17H2,1-4H3,(H,29,32)/t19-,23-/m0/s1. The van der Waals surface area contributed by atoms with Crippen molar-refractivity contribution in [2.24, 2.45) is 0 Å². The summed E-state index contributed by atoms with van der Waals surface area (Å²) in [6, 6.07) is 16.2. The van der Waals surface area contributed by atoms with Gasteiger partial charge in [0.1, 0.15) is 6.04 Å². The second-order valence-corrected chi connectivity index (χ2v) is 14.2. The van der Waals surface area contributed by atoms with Gasteiger partial charge < -0.3 is 15.5 Å². The minimum atomic E-state index is -4.44. The molecule has 1 aliphatic rings. The van der Waals surface area contributed by atoms with Crippen LogP contribution in [0.4, 0.5) is 11.4 Å². The molecule has 0 fully saturated rings. The molecule has 0 aliphatic carbocycles. The number of hydrogen-bond acceptors (Lipinski definition) is 7. The minimum absolute atomic E-state index is 0.108. The van der Waals surface area contributed by atoms with Gasteiger partial charge >= 0.3 is 0 Å². The van der Waals surface area contributed by atoms with Crippen molar-refractivity contribution in [2.45, 2.75) is 32.5 Å². The number of aryl methyl sites for hydroxylation is 1. The number of nitrogens with one attached hydrogen (secondary N) is 2. The van der Waals surface area contributed by atoms with Gasteiger partial charge in [0.2, 0.25) is 15.9 Å². The lowest BCUT2D eigenvalue weighted by Crippen LogP contribution is -2.56. The van der Waals surface area contributed by atoms with Crippen LogP contribution in [0.25, 0.3) is 10.8 Å². The van der Waals surface area contributed by atoms with Crippen LogP contribution in [0.2, 0.25) is 0 Å². The number of benzene rings is 3. The fourth-order valence-electron chi connectivity index (χ4n) is 4.66. The van der Waals surface area contributed by atoms with Crippen molar-refractivity contribution in [3.63, 3.8) is 0 Å². The average molecular weight is 573 g/mol. The Morgan fingerprint density at radius 3 is 2.31 bits per heavy atom. The molecule has 0 radical (unpaired) electrons. The monoisotopic (exact) mass is 572 g/mol. The highest BCUT2D eigenvalue weighted by Crippen LogP contribution is 2.37. The fraction of sp³-hybridized carbons (Fsp3) is 0.333. The normalized spacial score (nSPS) is 17.0. The molecule has 39 heavy (non-hydrogen) atoms. The molecule has 12 heteroatoms. The smallest absolute Gasteiger partial charge is 0.251 e. The fourth-order valence-corrected chi connectivity index (χ4v) is 8.16. The Balaban J connectivity index is 1.89. The molecule has 0 saturated carbocycles. The Morgan fingerprint density at radius 1 is 1.00 bits per heavy atom. The largest absolute Gasteiger partial charge is 0.341 e. The zero-order valence-corrected chi connectivity index (χ0v) is 23.8. The summed E-state index contributed by atoms with van der Waals surface area (Å²) >= 11 is 0. The molecule has 3 aromatic rings. The second kappa shape index (κ2) is 10.9. The van der Waals surface area contributed by atoms with E-state index in [0.717, 1.165) is 32.5 Å². The summed E-state index contributed by atoms with van der Waals surface area (Å²) in [6.45, 7) is 3.20. The van der Waals surface area contributed by atoms with E-state index in [1.165, 1.54) is 11.0 Å². The Kier molecular flexibility index (Phi) is 8.01. The van der Waals surface area contributed by atoms with E-state index in [-0.39, 0.29) is 12.2 Å². The first-order chi connectivity index (χ1) is 18.3. The van der Waals surface area contributed by atoms with Gasteiger partial charge in [0.05, 0.1) is 30.5 Å². The van der Waals surface area contributed by atoms with Crippen LogP contribution in [-0.2, 0) is 36.0 Å². The number of carbonyl (C=O) groups excluding carboxylic acids is 2. The van der Waals surface area contributed by atoms with E-state index in [0.29, 0.717) is 5.69 Å². The maximum absolute atomic E-state index is 14.1. The first kappa shape index (κ1) is 28.5. The predicted octanol–water partition coefficient (Wildman–Crippen LogP) is 1.93. The molecule has 10 nitrogen and oxygen atoms in total. The van der Waals surface area contributed by atoms with Crippen molar-refractivity contribution in [3.05, 3.63) is 71.8 Å². The highest BCUT2D eigenvalue weighted by Gasteiger charge is 2.40. The minimum Gasteiger partial charge on any atom is -0.341 e. The first-order valence-corrected chi connectivity index (χ1v) is 16.0. The number of sulfonamides is 1. The van der Waals surface area contributed by atoms with Crippen LogP contribution in [0.15, 0.2) is 60.7 Å². The van der Waals surface area contributed by atoms with E-state index in [2.05, 4.69) is 10.6 Å². The molecule has 2 amide bonds. The molecule has 1 aliphatic heterocycles. The Morgan fingerprint density at radius 2 is 1.64 bits per heavy atom.